The van der Waals surface area contributed by atoms with Crippen LogP contribution >= 0.6 is 0 Å². The second kappa shape index (κ2) is 8.17. The van der Waals surface area contributed by atoms with Crippen molar-refractivity contribution in [3.05, 3.63) is 0 Å². The molecule has 0 radical (unpaired) electrons. The molecule has 0 aromatic carbocycles. The molecule has 0 aromatic heterocycles. The van der Waals surface area contributed by atoms with E-state index in [9.17, 15) is 0 Å². The molecule has 2 unspecified atom stereocenters. The zero-order valence-corrected chi connectivity index (χ0v) is 9.49. The monoisotopic (exact) mass is 204 g/mol. The molecule has 0 heterocycles. The molecule has 0 amide bonds. The van der Waals surface area contributed by atoms with Crippen LogP contribution in [-0.2, 0) is 4.74 Å². The average molecular weight is 204 g/mol. The van der Waals surface area contributed by atoms with E-state index in [2.05, 4.69) is 19.2 Å². The van der Waals surface area contributed by atoms with E-state index in [0.717, 1.165) is 6.54 Å². The lowest BCUT2D eigenvalue weighted by Gasteiger charge is -2.22. The number of hydrogen-bond donors (Lipinski definition) is 3. The summed E-state index contributed by atoms with van der Waals surface area (Å²) in [7, 11) is 1.63. The quantitative estimate of drug-likeness (QED) is 0.513. The number of hydrogen-bond acceptors (Lipinski definition) is 4. The molecule has 14 heavy (non-hydrogen) atoms. The Bertz CT molecular complexity index is 131. The summed E-state index contributed by atoms with van der Waals surface area (Å²) in [5, 5.41) is 12.3. The summed E-state index contributed by atoms with van der Waals surface area (Å²) in [4.78, 5) is 0. The third-order valence-corrected chi connectivity index (χ3v) is 2.50. The van der Waals surface area contributed by atoms with Crippen LogP contribution in [0.3, 0.4) is 0 Å². The van der Waals surface area contributed by atoms with Crippen molar-refractivity contribution in [3.63, 3.8) is 0 Å². The zero-order chi connectivity index (χ0) is 11.0. The van der Waals surface area contributed by atoms with Crippen molar-refractivity contribution >= 4 is 0 Å². The average Bonchev–Trinajstić information content (AvgIpc) is 2.16. The Morgan fingerprint density at radius 1 is 1.43 bits per heavy atom. The number of rotatable bonds is 8. The number of aliphatic hydroxyl groups is 1. The SMILES string of the molecule is COCC(CO)NCC(CN)C(C)C. The maximum atomic E-state index is 9.01. The van der Waals surface area contributed by atoms with E-state index in [0.29, 0.717) is 25.0 Å². The van der Waals surface area contributed by atoms with Crippen LogP contribution in [0.25, 0.3) is 0 Å². The highest BCUT2D eigenvalue weighted by Gasteiger charge is 2.13. The molecular formula is C10H24N2O2. The number of aliphatic hydroxyl groups excluding tert-OH is 1. The molecular weight excluding hydrogens is 180 g/mol. The number of methoxy groups -OCH3 is 1. The van der Waals surface area contributed by atoms with Gasteiger partial charge in [0.25, 0.3) is 0 Å². The van der Waals surface area contributed by atoms with Crippen molar-refractivity contribution in [1.82, 2.24) is 5.32 Å². The van der Waals surface area contributed by atoms with Gasteiger partial charge in [0.1, 0.15) is 0 Å². The molecule has 0 aliphatic carbocycles. The third kappa shape index (κ3) is 5.54. The van der Waals surface area contributed by atoms with Gasteiger partial charge in [-0.25, -0.2) is 0 Å². The van der Waals surface area contributed by atoms with Crippen molar-refractivity contribution < 1.29 is 9.84 Å². The maximum Gasteiger partial charge on any atom is 0.0638 e. The molecule has 4 nitrogen and oxygen atoms in total. The second-order valence-electron chi connectivity index (χ2n) is 3.98. The Morgan fingerprint density at radius 3 is 2.43 bits per heavy atom. The second-order valence-corrected chi connectivity index (χ2v) is 3.98. The zero-order valence-electron chi connectivity index (χ0n) is 9.49. The van der Waals surface area contributed by atoms with Crippen molar-refractivity contribution in [2.75, 3.05) is 33.4 Å². The molecule has 0 aliphatic heterocycles. The van der Waals surface area contributed by atoms with Crippen LogP contribution in [0.15, 0.2) is 0 Å². The molecule has 0 saturated heterocycles. The largest absolute Gasteiger partial charge is 0.395 e. The molecule has 0 bridgehead atoms. The van der Waals surface area contributed by atoms with E-state index < -0.39 is 0 Å². The molecule has 0 aliphatic rings. The third-order valence-electron chi connectivity index (χ3n) is 2.50. The first-order valence-corrected chi connectivity index (χ1v) is 5.18. The van der Waals surface area contributed by atoms with Gasteiger partial charge < -0.3 is 20.9 Å². The smallest absolute Gasteiger partial charge is 0.0638 e. The number of ether oxygens (including phenoxy) is 1. The summed E-state index contributed by atoms with van der Waals surface area (Å²) in [5.41, 5.74) is 5.64. The highest BCUT2D eigenvalue weighted by molar-refractivity contribution is 4.71. The van der Waals surface area contributed by atoms with Crippen LogP contribution in [-0.4, -0.2) is 44.6 Å². The first-order chi connectivity index (χ1) is 6.65. The van der Waals surface area contributed by atoms with Gasteiger partial charge in [0.15, 0.2) is 0 Å². The molecule has 86 valence electrons. The summed E-state index contributed by atoms with van der Waals surface area (Å²) < 4.78 is 4.97. The van der Waals surface area contributed by atoms with Gasteiger partial charge in [-0.1, -0.05) is 13.8 Å². The summed E-state index contributed by atoms with van der Waals surface area (Å²) >= 11 is 0. The summed E-state index contributed by atoms with van der Waals surface area (Å²) in [6, 6.07) is 0.0211. The minimum absolute atomic E-state index is 0.0211. The standard InChI is InChI=1S/C10H24N2O2/c1-8(2)9(4-11)5-12-10(6-13)7-14-3/h8-10,12-13H,4-7,11H2,1-3H3. The molecule has 4 N–H and O–H groups in total. The van der Waals surface area contributed by atoms with Gasteiger partial charge in [0.2, 0.25) is 0 Å². The minimum Gasteiger partial charge on any atom is -0.395 e. The first-order valence-electron chi connectivity index (χ1n) is 5.18. The molecule has 0 saturated carbocycles. The molecule has 0 spiro atoms. The van der Waals surface area contributed by atoms with Crippen molar-refractivity contribution in [2.24, 2.45) is 17.6 Å². The molecule has 0 rings (SSSR count). The number of nitrogens with one attached hydrogen (secondary N) is 1. The fourth-order valence-electron chi connectivity index (χ4n) is 1.29. The van der Waals surface area contributed by atoms with Gasteiger partial charge in [-0.3, -0.25) is 0 Å². The molecule has 0 fully saturated rings. The fraction of sp³-hybridized carbons (Fsp3) is 1.00. The van der Waals surface area contributed by atoms with Crippen LogP contribution in [0.1, 0.15) is 13.8 Å². The highest BCUT2D eigenvalue weighted by Crippen LogP contribution is 2.07. The molecule has 2 atom stereocenters. The topological polar surface area (TPSA) is 67.5 Å². The van der Waals surface area contributed by atoms with E-state index in [4.69, 9.17) is 15.6 Å². The highest BCUT2D eigenvalue weighted by atomic mass is 16.5. The van der Waals surface area contributed by atoms with Gasteiger partial charge in [-0.2, -0.15) is 0 Å². The fourth-order valence-corrected chi connectivity index (χ4v) is 1.29. The molecule has 4 heteroatoms. The Morgan fingerprint density at radius 2 is 2.07 bits per heavy atom. The molecule has 0 aromatic rings. The Labute approximate surface area is 86.8 Å². The number of nitrogens with two attached hydrogens (primary N) is 1. The minimum atomic E-state index is 0.0211. The Kier molecular flexibility index (Phi) is 8.08. The van der Waals surface area contributed by atoms with Gasteiger partial charge in [-0.05, 0) is 24.9 Å². The van der Waals surface area contributed by atoms with Crippen LogP contribution in [0.4, 0.5) is 0 Å². The van der Waals surface area contributed by atoms with Gasteiger partial charge in [0, 0.05) is 7.11 Å². The Hall–Kier alpha value is -0.160. The maximum absolute atomic E-state index is 9.01. The van der Waals surface area contributed by atoms with Gasteiger partial charge >= 0.3 is 0 Å². The predicted molar refractivity (Wildman–Crippen MR) is 58.1 cm³/mol. The van der Waals surface area contributed by atoms with Crippen LogP contribution in [0.5, 0.6) is 0 Å². The normalized spacial score (nSPS) is 15.9. The predicted octanol–water partition coefficient (Wildman–Crippen LogP) is -0.186. The van der Waals surface area contributed by atoms with E-state index in [1.165, 1.54) is 0 Å². The van der Waals surface area contributed by atoms with Gasteiger partial charge in [-0.15, -0.1) is 0 Å². The lowest BCUT2D eigenvalue weighted by atomic mass is 9.96. The lowest BCUT2D eigenvalue weighted by Crippen LogP contribution is -2.42. The van der Waals surface area contributed by atoms with Crippen LogP contribution in [0, 0.1) is 11.8 Å². The summed E-state index contributed by atoms with van der Waals surface area (Å²) in [6.45, 7) is 6.46. The summed E-state index contributed by atoms with van der Waals surface area (Å²) in [5.74, 6) is 1.02. The summed E-state index contributed by atoms with van der Waals surface area (Å²) in [6.07, 6.45) is 0. The first kappa shape index (κ1) is 13.8. The lowest BCUT2D eigenvalue weighted by molar-refractivity contribution is 0.124. The van der Waals surface area contributed by atoms with Crippen molar-refractivity contribution in [3.8, 4) is 0 Å². The van der Waals surface area contributed by atoms with Crippen molar-refractivity contribution in [2.45, 2.75) is 19.9 Å². The van der Waals surface area contributed by atoms with Gasteiger partial charge in [0.05, 0.1) is 19.3 Å². The van der Waals surface area contributed by atoms with E-state index >= 15 is 0 Å². The Balaban J connectivity index is 3.75. The van der Waals surface area contributed by atoms with Crippen LogP contribution < -0.4 is 11.1 Å². The van der Waals surface area contributed by atoms with E-state index in [1.54, 1.807) is 7.11 Å². The van der Waals surface area contributed by atoms with Crippen LogP contribution in [0.2, 0.25) is 0 Å². The van der Waals surface area contributed by atoms with E-state index in [-0.39, 0.29) is 12.6 Å². The van der Waals surface area contributed by atoms with Crippen molar-refractivity contribution in [1.29, 1.82) is 0 Å². The van der Waals surface area contributed by atoms with E-state index in [1.807, 2.05) is 0 Å².